The van der Waals surface area contributed by atoms with E-state index in [1.807, 2.05) is 41.7 Å². The molecule has 0 spiro atoms. The highest BCUT2D eigenvalue weighted by atomic mass is 32.1. The number of anilines is 1. The lowest BCUT2D eigenvalue weighted by Gasteiger charge is -2.33. The Morgan fingerprint density at radius 3 is 2.75 bits per heavy atom. The van der Waals surface area contributed by atoms with Gasteiger partial charge in [-0.2, -0.15) is 0 Å². The minimum Gasteiger partial charge on any atom is -0.439 e. The Labute approximate surface area is 169 Å². The van der Waals surface area contributed by atoms with Gasteiger partial charge in [-0.3, -0.25) is 4.99 Å². The summed E-state index contributed by atoms with van der Waals surface area (Å²) in [5.74, 6) is 2.21. The predicted octanol–water partition coefficient (Wildman–Crippen LogP) is 3.74. The first-order chi connectivity index (χ1) is 13.8. The van der Waals surface area contributed by atoms with Gasteiger partial charge >= 0.3 is 0 Å². The summed E-state index contributed by atoms with van der Waals surface area (Å²) in [6.07, 6.45) is 3.95. The van der Waals surface area contributed by atoms with Gasteiger partial charge in [0, 0.05) is 31.7 Å². The van der Waals surface area contributed by atoms with E-state index in [1.54, 1.807) is 13.2 Å². The fourth-order valence-corrected chi connectivity index (χ4v) is 4.15. The lowest BCUT2D eigenvalue weighted by Crippen LogP contribution is -2.48. The van der Waals surface area contributed by atoms with Crippen LogP contribution in [0.25, 0.3) is 11.3 Å². The van der Waals surface area contributed by atoms with E-state index in [2.05, 4.69) is 43.0 Å². The van der Waals surface area contributed by atoms with Crippen molar-refractivity contribution in [2.75, 3.05) is 25.0 Å². The molecule has 0 radical (unpaired) electrons. The summed E-state index contributed by atoms with van der Waals surface area (Å²) in [5.41, 5.74) is 1.03. The Morgan fingerprint density at radius 2 is 2.04 bits per heavy atom. The van der Waals surface area contributed by atoms with Crippen molar-refractivity contribution in [3.63, 3.8) is 0 Å². The molecule has 0 bridgehead atoms. The highest BCUT2D eigenvalue weighted by molar-refractivity contribution is 7.14. The van der Waals surface area contributed by atoms with Gasteiger partial charge in [-0.25, -0.2) is 4.98 Å². The van der Waals surface area contributed by atoms with E-state index < -0.39 is 0 Å². The number of nitrogens with zero attached hydrogens (tertiary/aromatic N) is 3. The zero-order chi connectivity index (χ0) is 19.2. The van der Waals surface area contributed by atoms with Gasteiger partial charge in [0.1, 0.15) is 0 Å². The summed E-state index contributed by atoms with van der Waals surface area (Å²) in [6, 6.07) is 14.7. The monoisotopic (exact) mass is 395 g/mol. The van der Waals surface area contributed by atoms with Crippen molar-refractivity contribution in [3.8, 4) is 11.3 Å². The SMILES string of the molecule is CN=C(NCc1ncc(-c2ccccc2)o1)NC1CCN(c2cccs2)CC1. The smallest absolute Gasteiger partial charge is 0.214 e. The third-order valence-corrected chi connectivity index (χ3v) is 5.83. The van der Waals surface area contributed by atoms with Gasteiger partial charge in [0.25, 0.3) is 0 Å². The van der Waals surface area contributed by atoms with Crippen molar-refractivity contribution in [1.29, 1.82) is 0 Å². The number of benzene rings is 1. The van der Waals surface area contributed by atoms with Gasteiger partial charge in [-0.05, 0) is 30.4 Å². The van der Waals surface area contributed by atoms with Crippen LogP contribution in [-0.4, -0.2) is 37.1 Å². The molecular formula is C21H25N5OS. The molecule has 28 heavy (non-hydrogen) atoms. The van der Waals surface area contributed by atoms with Crippen molar-refractivity contribution in [2.24, 2.45) is 4.99 Å². The number of hydrogen-bond acceptors (Lipinski definition) is 5. The molecule has 3 heterocycles. The minimum atomic E-state index is 0.423. The molecule has 0 amide bonds. The maximum absolute atomic E-state index is 5.85. The number of hydrogen-bond donors (Lipinski definition) is 2. The molecule has 6 nitrogen and oxygen atoms in total. The van der Waals surface area contributed by atoms with Crippen molar-refractivity contribution in [2.45, 2.75) is 25.4 Å². The van der Waals surface area contributed by atoms with Crippen LogP contribution >= 0.6 is 11.3 Å². The average Bonchev–Trinajstić information content (AvgIpc) is 3.44. The van der Waals surface area contributed by atoms with Crippen LogP contribution < -0.4 is 15.5 Å². The predicted molar refractivity (Wildman–Crippen MR) is 115 cm³/mol. The molecule has 3 aromatic rings. The molecule has 4 rings (SSSR count). The Balaban J connectivity index is 1.26. The van der Waals surface area contributed by atoms with Crippen LogP contribution in [0.2, 0.25) is 0 Å². The van der Waals surface area contributed by atoms with Gasteiger partial charge in [0.15, 0.2) is 11.7 Å². The van der Waals surface area contributed by atoms with Crippen LogP contribution in [-0.2, 0) is 6.54 Å². The topological polar surface area (TPSA) is 65.7 Å². The van der Waals surface area contributed by atoms with Crippen LogP contribution in [0, 0.1) is 0 Å². The zero-order valence-corrected chi connectivity index (χ0v) is 16.8. The van der Waals surface area contributed by atoms with Crippen molar-refractivity contribution < 1.29 is 4.42 Å². The first kappa shape index (κ1) is 18.6. The highest BCUT2D eigenvalue weighted by Gasteiger charge is 2.20. The van der Waals surface area contributed by atoms with Crippen LogP contribution in [0.1, 0.15) is 18.7 Å². The minimum absolute atomic E-state index is 0.423. The van der Waals surface area contributed by atoms with E-state index in [4.69, 9.17) is 4.42 Å². The van der Waals surface area contributed by atoms with E-state index in [0.717, 1.165) is 43.2 Å². The first-order valence-electron chi connectivity index (χ1n) is 9.57. The second-order valence-corrected chi connectivity index (χ2v) is 7.69. The summed E-state index contributed by atoms with van der Waals surface area (Å²) in [7, 11) is 1.79. The number of guanidine groups is 1. The molecule has 0 aliphatic carbocycles. The number of nitrogens with one attached hydrogen (secondary N) is 2. The maximum Gasteiger partial charge on any atom is 0.214 e. The molecule has 1 fully saturated rings. The number of piperidine rings is 1. The first-order valence-corrected chi connectivity index (χ1v) is 10.5. The van der Waals surface area contributed by atoms with Crippen LogP contribution in [0.4, 0.5) is 5.00 Å². The summed E-state index contributed by atoms with van der Waals surface area (Å²) in [5, 5.41) is 10.3. The van der Waals surface area contributed by atoms with Crippen LogP contribution in [0.5, 0.6) is 0 Å². The fraction of sp³-hybridized carbons (Fsp3) is 0.333. The number of aromatic nitrogens is 1. The quantitative estimate of drug-likeness (QED) is 0.509. The largest absolute Gasteiger partial charge is 0.439 e. The Hall–Kier alpha value is -2.80. The standard InChI is InChI=1S/C21H25N5OS/c1-22-21(25-17-9-11-26(12-10-17)20-8-5-13-28-20)24-15-19-23-14-18(27-19)16-6-3-2-4-7-16/h2-8,13-14,17H,9-12,15H2,1H3,(H2,22,24,25). The van der Waals surface area contributed by atoms with Gasteiger partial charge in [-0.15, -0.1) is 11.3 Å². The fourth-order valence-electron chi connectivity index (χ4n) is 3.37. The second-order valence-electron chi connectivity index (χ2n) is 6.77. The zero-order valence-electron chi connectivity index (χ0n) is 16.0. The van der Waals surface area contributed by atoms with Crippen LogP contribution in [0.15, 0.2) is 63.5 Å². The summed E-state index contributed by atoms with van der Waals surface area (Å²) in [6.45, 7) is 2.63. The molecule has 0 saturated carbocycles. The van der Waals surface area contributed by atoms with Crippen molar-refractivity contribution >= 4 is 22.3 Å². The normalized spacial score (nSPS) is 15.6. The van der Waals surface area contributed by atoms with E-state index in [-0.39, 0.29) is 0 Å². The summed E-state index contributed by atoms with van der Waals surface area (Å²) in [4.78, 5) is 11.2. The molecule has 1 aliphatic heterocycles. The highest BCUT2D eigenvalue weighted by Crippen LogP contribution is 2.24. The molecular weight excluding hydrogens is 370 g/mol. The number of aliphatic imine (C=N–C) groups is 1. The lowest BCUT2D eigenvalue weighted by atomic mass is 10.1. The third-order valence-electron chi connectivity index (χ3n) is 4.90. The lowest BCUT2D eigenvalue weighted by molar-refractivity contribution is 0.457. The average molecular weight is 396 g/mol. The van der Waals surface area contributed by atoms with Crippen LogP contribution in [0.3, 0.4) is 0 Å². The van der Waals surface area contributed by atoms with E-state index in [1.165, 1.54) is 5.00 Å². The molecule has 7 heteroatoms. The summed E-state index contributed by atoms with van der Waals surface area (Å²) < 4.78 is 5.85. The van der Waals surface area contributed by atoms with Gasteiger partial charge < -0.3 is 20.0 Å². The number of oxazole rings is 1. The van der Waals surface area contributed by atoms with E-state index in [9.17, 15) is 0 Å². The van der Waals surface area contributed by atoms with E-state index >= 15 is 0 Å². The molecule has 2 aromatic heterocycles. The maximum atomic E-state index is 5.85. The molecule has 146 valence electrons. The van der Waals surface area contributed by atoms with Gasteiger partial charge in [0.2, 0.25) is 5.89 Å². The van der Waals surface area contributed by atoms with Gasteiger partial charge in [-0.1, -0.05) is 30.3 Å². The molecule has 0 unspecified atom stereocenters. The Kier molecular flexibility index (Phi) is 5.92. The van der Waals surface area contributed by atoms with Crippen molar-refractivity contribution in [1.82, 2.24) is 15.6 Å². The number of thiophene rings is 1. The summed E-state index contributed by atoms with van der Waals surface area (Å²) >= 11 is 1.81. The molecule has 2 N–H and O–H groups in total. The number of rotatable bonds is 5. The molecule has 1 saturated heterocycles. The van der Waals surface area contributed by atoms with Gasteiger partial charge in [0.05, 0.1) is 17.7 Å². The molecule has 0 atom stereocenters. The van der Waals surface area contributed by atoms with E-state index in [0.29, 0.717) is 18.5 Å². The van der Waals surface area contributed by atoms with Crippen molar-refractivity contribution in [3.05, 3.63) is 59.9 Å². The molecule has 1 aliphatic rings. The second kappa shape index (κ2) is 8.93. The molecule has 1 aromatic carbocycles. The Bertz CT molecular complexity index is 883. The third kappa shape index (κ3) is 4.54. The Morgan fingerprint density at radius 1 is 1.21 bits per heavy atom.